The normalized spacial score (nSPS) is 31.7. The van der Waals surface area contributed by atoms with Crippen LogP contribution < -0.4 is 16.0 Å². The summed E-state index contributed by atoms with van der Waals surface area (Å²) in [6.07, 6.45) is 3.04. The molecule has 107 heavy (non-hydrogen) atoms. The van der Waals surface area contributed by atoms with Gasteiger partial charge in [0.2, 0.25) is 70.9 Å². The van der Waals surface area contributed by atoms with Gasteiger partial charge >= 0.3 is 6.18 Å². The molecule has 2 saturated heterocycles. The van der Waals surface area contributed by atoms with Gasteiger partial charge in [-0.05, 0) is 146 Å². The van der Waals surface area contributed by atoms with E-state index < -0.39 is 180 Å². The Kier molecular flexibility index (Phi) is 31.1. The molecule has 6 fully saturated rings. The number of rotatable bonds is 15. The van der Waals surface area contributed by atoms with E-state index in [1.807, 2.05) is 26.8 Å². The van der Waals surface area contributed by atoms with E-state index in [-0.39, 0.29) is 121 Å². The van der Waals surface area contributed by atoms with Crippen molar-refractivity contribution in [3.8, 4) is 0 Å². The van der Waals surface area contributed by atoms with Crippen molar-refractivity contribution in [2.75, 3.05) is 109 Å². The number of hydrogen-bond donors (Lipinski definition) is 3. The van der Waals surface area contributed by atoms with Crippen molar-refractivity contribution in [3.63, 3.8) is 0 Å². The lowest BCUT2D eigenvalue weighted by Crippen LogP contribution is -2.71. The number of carbonyl (C=O) groups is 12. The highest BCUT2D eigenvalue weighted by Crippen LogP contribution is 2.50. The van der Waals surface area contributed by atoms with Gasteiger partial charge in [0, 0.05) is 89.3 Å². The van der Waals surface area contributed by atoms with Gasteiger partial charge < -0.3 is 74.3 Å². The number of hydrogen-bond acceptors (Lipinski definition) is 15. The lowest BCUT2D eigenvalue weighted by atomic mass is 9.58. The van der Waals surface area contributed by atoms with Crippen molar-refractivity contribution in [2.24, 2.45) is 40.9 Å². The molecule has 0 aromatic heterocycles. The summed E-state index contributed by atoms with van der Waals surface area (Å²) in [6, 6.07) is -10.6. The smallest absolute Gasteiger partial charge is 0.381 e. The van der Waals surface area contributed by atoms with Crippen LogP contribution in [0.2, 0.25) is 0 Å². The number of nitrogens with one attached hydrogen (secondary N) is 3. The molecule has 1 spiro atoms. The number of methoxy groups -OCH3 is 1. The summed E-state index contributed by atoms with van der Waals surface area (Å²) in [7, 11) is 11.2. The third-order valence-corrected chi connectivity index (χ3v) is 24.2. The number of carbonyl (C=O) groups excluding carboxylic acids is 12. The molecule has 13 atom stereocenters. The van der Waals surface area contributed by atoms with E-state index in [0.29, 0.717) is 25.2 Å². The highest BCUT2D eigenvalue weighted by Gasteiger charge is 2.59. The van der Waals surface area contributed by atoms with Crippen LogP contribution in [-0.2, 0) is 71.7 Å². The number of nitrogens with zero attached hydrogens (tertiary/aromatic N) is 9. The monoisotopic (exact) mass is 1510 g/mol. The molecular weight excluding hydrogens is 1390 g/mol. The minimum absolute atomic E-state index is 0.0122. The quantitative estimate of drug-likeness (QED) is 0.178. The van der Waals surface area contributed by atoms with E-state index in [4.69, 9.17) is 14.2 Å². The Morgan fingerprint density at radius 2 is 1.32 bits per heavy atom. The van der Waals surface area contributed by atoms with E-state index in [9.17, 15) is 37.1 Å². The van der Waals surface area contributed by atoms with Crippen LogP contribution in [0, 0.1) is 40.9 Å². The molecule has 7 aliphatic rings. The zero-order valence-corrected chi connectivity index (χ0v) is 66.5. The standard InChI is InChI=1S/C77H125F3N12O15/c1-17-84(9)69(99)57-40-62(94)88(13)59(44-106-18-2)66(96)82-64(49(6)107-19-3)72(102)86(11)43-63(95)87(12)55-27-21-20-24-36-91(71(55)101)58(38-50-30-28-47(4)29-31-50)70(100)85(10)42-61(93)81-54(35-33-51-32-34-53(77(78,79)80)60(39-51)105-16)68(98)92-41-48(5)37-56(92)67(97)83-76(45-75(7,8)46-76)74(104)90(15)65(73(103)89(57)14)52-25-22-23-26-52/h20-21,47-60,64-65H,17-19,22-46H2,1-16H3,(H,81,93)(H,82,96)(H,83,97)/b21-20-/t47?,48-,49+,50?,51?,53?,54-,55-,56-,57-,58-,59-,60?,64-,65-/m0/s1. The van der Waals surface area contributed by atoms with E-state index in [0.717, 1.165) is 48.3 Å². The molecule has 12 amide bonds. The Morgan fingerprint density at radius 1 is 0.673 bits per heavy atom. The number of halogens is 3. The second-order valence-electron chi connectivity index (χ2n) is 32.8. The summed E-state index contributed by atoms with van der Waals surface area (Å²) in [4.78, 5) is 194. The van der Waals surface area contributed by atoms with Crippen LogP contribution in [0.1, 0.15) is 184 Å². The second kappa shape index (κ2) is 38.1. The topological polar surface area (TPSA) is 298 Å². The first-order chi connectivity index (χ1) is 50.3. The predicted molar refractivity (Wildman–Crippen MR) is 393 cm³/mol. The molecule has 0 radical (unpaired) electrons. The maximum atomic E-state index is 15.8. The maximum absolute atomic E-state index is 15.8. The average Bonchev–Trinajstić information content (AvgIpc) is 1.12. The highest BCUT2D eigenvalue weighted by molar-refractivity contribution is 6.01. The predicted octanol–water partition coefficient (Wildman–Crippen LogP) is 5.16. The van der Waals surface area contributed by atoms with E-state index >= 15 is 33.6 Å². The Morgan fingerprint density at radius 3 is 1.93 bits per heavy atom. The van der Waals surface area contributed by atoms with Crippen molar-refractivity contribution < 1.29 is 84.9 Å². The number of fused-ring (bicyclic) bond motifs is 3. The Balaban J connectivity index is 1.33. The van der Waals surface area contributed by atoms with Crippen LogP contribution in [0.25, 0.3) is 0 Å². The fraction of sp³-hybridized carbons (Fsp3) is 0.818. The molecule has 604 valence electrons. The number of amides is 12. The van der Waals surface area contributed by atoms with Gasteiger partial charge in [0.15, 0.2) is 0 Å². The first-order valence-electron chi connectivity index (χ1n) is 39.1. The summed E-state index contributed by atoms with van der Waals surface area (Å²) in [5, 5.41) is 8.76. The van der Waals surface area contributed by atoms with Gasteiger partial charge in [-0.25, -0.2) is 0 Å². The SMILES string of the molecule is CCOC[C@H]1C(=O)N[C@@H]([C@@H](C)OCC)C(=O)N(C)CC(=O)N(C)[C@H]2C/C=C\CCN(C2=O)[C@@H](CC2CCC(C)CC2)C(=O)N(C)CC(=O)N[C@@H](CCC2CCC(C(F)(F)F)C(OC)C2)C(=O)N2C[C@@H](C)C[C@H]2C(=O)NC2(CC(C)(C)C2)C(=O)N(C)[C@@H](C2CCCC2)C(=O)N(C)[C@H](C(=O)N(C)CC)CC(=O)N1C. The largest absolute Gasteiger partial charge is 0.394 e. The van der Waals surface area contributed by atoms with Gasteiger partial charge in [-0.15, -0.1) is 0 Å². The summed E-state index contributed by atoms with van der Waals surface area (Å²) >= 11 is 0. The van der Waals surface area contributed by atoms with Crippen molar-refractivity contribution in [1.82, 2.24) is 60.0 Å². The van der Waals surface area contributed by atoms with Crippen molar-refractivity contribution >= 4 is 70.9 Å². The first-order valence-corrected chi connectivity index (χ1v) is 39.1. The first kappa shape index (κ1) is 87.3. The molecule has 3 unspecified atom stereocenters. The fourth-order valence-electron chi connectivity index (χ4n) is 17.8. The molecule has 3 heterocycles. The number of alkyl halides is 3. The Hall–Kier alpha value is -6.95. The van der Waals surface area contributed by atoms with Crippen LogP contribution in [0.3, 0.4) is 0 Å². The molecule has 3 N–H and O–H groups in total. The van der Waals surface area contributed by atoms with Gasteiger partial charge in [0.1, 0.15) is 53.9 Å². The highest BCUT2D eigenvalue weighted by atomic mass is 19.4. The summed E-state index contributed by atoms with van der Waals surface area (Å²) in [5.74, 6) is -10.6. The fourth-order valence-corrected chi connectivity index (χ4v) is 17.8. The van der Waals surface area contributed by atoms with Crippen LogP contribution in [0.15, 0.2) is 12.2 Å². The van der Waals surface area contributed by atoms with Gasteiger partial charge in [-0.2, -0.15) is 13.2 Å². The zero-order chi connectivity index (χ0) is 79.3. The third-order valence-electron chi connectivity index (χ3n) is 24.2. The molecule has 2 bridgehead atoms. The average molecular weight is 1520 g/mol. The van der Waals surface area contributed by atoms with E-state index in [1.54, 1.807) is 33.8 Å². The molecule has 27 nitrogen and oxygen atoms in total. The number of ether oxygens (including phenoxy) is 3. The van der Waals surface area contributed by atoms with Gasteiger partial charge in [0.05, 0.1) is 44.2 Å². The molecule has 4 saturated carbocycles. The summed E-state index contributed by atoms with van der Waals surface area (Å²) in [6.45, 7) is 13.4. The zero-order valence-electron chi connectivity index (χ0n) is 66.5. The maximum Gasteiger partial charge on any atom is 0.394 e. The number of likely N-dealkylation sites (N-methyl/N-ethyl adjacent to an activating group) is 7. The van der Waals surface area contributed by atoms with Gasteiger partial charge in [-0.3, -0.25) is 57.5 Å². The molecule has 0 aromatic rings. The molecule has 0 aromatic carbocycles. The third kappa shape index (κ3) is 21.6. The van der Waals surface area contributed by atoms with Crippen LogP contribution >= 0.6 is 0 Å². The minimum Gasteiger partial charge on any atom is -0.381 e. The second-order valence-corrected chi connectivity index (χ2v) is 32.8. The van der Waals surface area contributed by atoms with Crippen molar-refractivity contribution in [3.05, 3.63) is 12.2 Å². The summed E-state index contributed by atoms with van der Waals surface area (Å²) in [5.41, 5.74) is -2.14. The van der Waals surface area contributed by atoms with Crippen LogP contribution in [0.4, 0.5) is 13.2 Å². The van der Waals surface area contributed by atoms with Crippen LogP contribution in [0.5, 0.6) is 0 Å². The molecule has 3 aliphatic heterocycles. The Labute approximate surface area is 631 Å². The van der Waals surface area contributed by atoms with Crippen molar-refractivity contribution in [1.29, 1.82) is 0 Å². The lowest BCUT2D eigenvalue weighted by molar-refractivity contribution is -0.215. The van der Waals surface area contributed by atoms with Gasteiger partial charge in [0.25, 0.3) is 0 Å². The van der Waals surface area contributed by atoms with Crippen molar-refractivity contribution in [2.45, 2.75) is 256 Å². The van der Waals surface area contributed by atoms with Gasteiger partial charge in [-0.1, -0.05) is 78.4 Å². The van der Waals surface area contributed by atoms with Crippen LogP contribution in [-0.4, -0.2) is 296 Å². The van der Waals surface area contributed by atoms with E-state index in [1.165, 1.54) is 90.7 Å². The molecule has 30 heteroatoms. The molecule has 7 rings (SSSR count). The Bertz CT molecular complexity index is 3170. The van der Waals surface area contributed by atoms with E-state index in [2.05, 4.69) is 22.9 Å². The summed E-state index contributed by atoms with van der Waals surface area (Å²) < 4.78 is 60.1. The molecular formula is C77H125F3N12O15. The minimum atomic E-state index is -4.52. The molecule has 4 aliphatic carbocycles. The lowest BCUT2D eigenvalue weighted by Gasteiger charge is -2.54.